The minimum absolute atomic E-state index is 0.0637. The van der Waals surface area contributed by atoms with Crippen LogP contribution >= 0.6 is 27.5 Å². The second kappa shape index (κ2) is 6.06. The number of carbonyl (C=O) groups excluding carboxylic acids is 1. The Hall–Kier alpha value is -0.810. The highest BCUT2D eigenvalue weighted by atomic mass is 79.9. The number of likely N-dealkylation sites (N-methyl/N-ethyl adjacent to an activating group) is 1. The fraction of sp³-hybridized carbons (Fsp3) is 0.400. The smallest absolute Gasteiger partial charge is 0.242 e. The van der Waals surface area contributed by atoms with Crippen LogP contribution in [0.25, 0.3) is 0 Å². The second-order valence-electron chi connectivity index (χ2n) is 3.24. The lowest BCUT2D eigenvalue weighted by atomic mass is 10.3. The van der Waals surface area contributed by atoms with E-state index in [9.17, 15) is 4.79 Å². The molecule has 1 rings (SSSR count). The molecule has 0 radical (unpaired) electrons. The molecule has 1 aromatic heterocycles. The second-order valence-corrected chi connectivity index (χ2v) is 4.54. The van der Waals surface area contributed by atoms with E-state index in [1.54, 1.807) is 13.0 Å². The molecule has 0 aliphatic heterocycles. The normalized spacial score (nSPS) is 12.0. The number of carbonyl (C=O) groups is 1. The number of nitrogens with one attached hydrogen (secondary N) is 2. The van der Waals surface area contributed by atoms with E-state index in [0.717, 1.165) is 4.47 Å². The van der Waals surface area contributed by atoms with Crippen LogP contribution in [0.5, 0.6) is 0 Å². The van der Waals surface area contributed by atoms with E-state index in [4.69, 9.17) is 11.6 Å². The summed E-state index contributed by atoms with van der Waals surface area (Å²) in [5.41, 5.74) is 0. The van der Waals surface area contributed by atoms with Gasteiger partial charge in [0.25, 0.3) is 0 Å². The van der Waals surface area contributed by atoms with E-state index in [1.807, 2.05) is 6.92 Å². The van der Waals surface area contributed by atoms with Crippen molar-refractivity contribution in [2.45, 2.75) is 19.9 Å². The van der Waals surface area contributed by atoms with Crippen molar-refractivity contribution >= 4 is 39.3 Å². The van der Waals surface area contributed by atoms with Crippen molar-refractivity contribution in [3.63, 3.8) is 0 Å². The summed E-state index contributed by atoms with van der Waals surface area (Å²) in [4.78, 5) is 15.6. The van der Waals surface area contributed by atoms with Crippen LogP contribution in [0, 0.1) is 0 Å². The molecule has 16 heavy (non-hydrogen) atoms. The van der Waals surface area contributed by atoms with Gasteiger partial charge in [0, 0.05) is 12.7 Å². The summed E-state index contributed by atoms with van der Waals surface area (Å²) in [6.45, 7) is 4.26. The van der Waals surface area contributed by atoms with Crippen LogP contribution in [0.15, 0.2) is 16.7 Å². The van der Waals surface area contributed by atoms with Crippen LogP contribution in [0.1, 0.15) is 13.8 Å². The molecule has 1 atom stereocenters. The van der Waals surface area contributed by atoms with Gasteiger partial charge in [-0.2, -0.15) is 0 Å². The first-order chi connectivity index (χ1) is 7.54. The lowest BCUT2D eigenvalue weighted by Crippen LogP contribution is -2.37. The summed E-state index contributed by atoms with van der Waals surface area (Å²) in [6.07, 6.45) is 1.53. The Balaban J connectivity index is 2.69. The van der Waals surface area contributed by atoms with Crippen molar-refractivity contribution < 1.29 is 4.79 Å². The Labute approximate surface area is 108 Å². The van der Waals surface area contributed by atoms with Gasteiger partial charge in [0.1, 0.15) is 11.9 Å². The monoisotopic (exact) mass is 305 g/mol. The van der Waals surface area contributed by atoms with E-state index in [-0.39, 0.29) is 11.9 Å². The Kier molecular flexibility index (Phi) is 5.02. The largest absolute Gasteiger partial charge is 0.358 e. The summed E-state index contributed by atoms with van der Waals surface area (Å²) < 4.78 is 0.733. The number of pyridine rings is 1. The number of rotatable bonds is 4. The lowest BCUT2D eigenvalue weighted by Gasteiger charge is -2.14. The molecule has 4 nitrogen and oxygen atoms in total. The van der Waals surface area contributed by atoms with Gasteiger partial charge in [0.05, 0.1) is 9.50 Å². The minimum Gasteiger partial charge on any atom is -0.358 e. The van der Waals surface area contributed by atoms with E-state index in [1.165, 1.54) is 6.20 Å². The first-order valence-electron chi connectivity index (χ1n) is 4.90. The molecule has 0 fully saturated rings. The van der Waals surface area contributed by atoms with E-state index < -0.39 is 0 Å². The van der Waals surface area contributed by atoms with E-state index in [2.05, 4.69) is 31.5 Å². The number of hydrogen-bond acceptors (Lipinski definition) is 3. The molecule has 6 heteroatoms. The molecule has 1 heterocycles. The van der Waals surface area contributed by atoms with Gasteiger partial charge in [-0.25, -0.2) is 4.98 Å². The Bertz CT molecular complexity index is 386. The number of nitrogens with zero attached hydrogens (tertiary/aromatic N) is 1. The van der Waals surface area contributed by atoms with Gasteiger partial charge in [-0.15, -0.1) is 0 Å². The molecule has 1 aromatic rings. The van der Waals surface area contributed by atoms with Crippen molar-refractivity contribution in [2.24, 2.45) is 0 Å². The van der Waals surface area contributed by atoms with Crippen molar-refractivity contribution in [1.82, 2.24) is 10.3 Å². The molecule has 0 aliphatic carbocycles. The summed E-state index contributed by atoms with van der Waals surface area (Å²) >= 11 is 9.09. The molecule has 0 aromatic carbocycles. The molecule has 0 aliphatic rings. The Morgan fingerprint density at radius 1 is 1.69 bits per heavy atom. The van der Waals surface area contributed by atoms with Gasteiger partial charge in [-0.05, 0) is 35.8 Å². The van der Waals surface area contributed by atoms with Gasteiger partial charge < -0.3 is 10.6 Å². The standard InChI is InChI=1S/C10H13BrClN3O/c1-3-13-10(16)6(2)15-9-8(11)4-7(12)5-14-9/h4-6H,3H2,1-2H3,(H,13,16)(H,14,15). The third kappa shape index (κ3) is 3.64. The number of halogens is 2. The molecule has 2 N–H and O–H groups in total. The third-order valence-corrected chi connectivity index (χ3v) is 2.72. The number of anilines is 1. The predicted molar refractivity (Wildman–Crippen MR) is 68.7 cm³/mol. The predicted octanol–water partition coefficient (Wildman–Crippen LogP) is 2.43. The molecule has 0 saturated carbocycles. The van der Waals surface area contributed by atoms with Crippen molar-refractivity contribution in [1.29, 1.82) is 0 Å². The molecular weight excluding hydrogens is 293 g/mol. The SMILES string of the molecule is CCNC(=O)C(C)Nc1ncc(Cl)cc1Br. The summed E-state index contributed by atoms with van der Waals surface area (Å²) in [5.74, 6) is 0.536. The topological polar surface area (TPSA) is 54.0 Å². The molecule has 0 bridgehead atoms. The van der Waals surface area contributed by atoms with E-state index >= 15 is 0 Å². The van der Waals surface area contributed by atoms with Gasteiger partial charge in [-0.3, -0.25) is 4.79 Å². The summed E-state index contributed by atoms with van der Waals surface area (Å²) in [6, 6.07) is 1.38. The maximum atomic E-state index is 11.5. The first kappa shape index (κ1) is 13.3. The van der Waals surface area contributed by atoms with Crippen molar-refractivity contribution in [3.05, 3.63) is 21.8 Å². The highest BCUT2D eigenvalue weighted by Crippen LogP contribution is 2.23. The number of amides is 1. The highest BCUT2D eigenvalue weighted by Gasteiger charge is 2.13. The van der Waals surface area contributed by atoms with E-state index in [0.29, 0.717) is 17.4 Å². The molecule has 1 unspecified atom stereocenters. The maximum Gasteiger partial charge on any atom is 0.242 e. The molecule has 0 spiro atoms. The van der Waals surface area contributed by atoms with Crippen LogP contribution < -0.4 is 10.6 Å². The quantitative estimate of drug-likeness (QED) is 0.898. The minimum atomic E-state index is -0.343. The van der Waals surface area contributed by atoms with Crippen LogP contribution in [-0.4, -0.2) is 23.5 Å². The summed E-state index contributed by atoms with van der Waals surface area (Å²) in [7, 11) is 0. The van der Waals surface area contributed by atoms with Crippen LogP contribution in [0.3, 0.4) is 0 Å². The van der Waals surface area contributed by atoms with Gasteiger partial charge in [-0.1, -0.05) is 11.6 Å². The number of hydrogen-bond donors (Lipinski definition) is 2. The van der Waals surface area contributed by atoms with Crippen molar-refractivity contribution in [3.8, 4) is 0 Å². The van der Waals surface area contributed by atoms with Gasteiger partial charge >= 0.3 is 0 Å². The zero-order valence-corrected chi connectivity index (χ0v) is 11.4. The van der Waals surface area contributed by atoms with Crippen LogP contribution in [0.4, 0.5) is 5.82 Å². The van der Waals surface area contributed by atoms with Gasteiger partial charge in [0.2, 0.25) is 5.91 Å². The first-order valence-corrected chi connectivity index (χ1v) is 6.07. The average Bonchev–Trinajstić information content (AvgIpc) is 2.22. The number of aromatic nitrogens is 1. The van der Waals surface area contributed by atoms with Crippen LogP contribution in [-0.2, 0) is 4.79 Å². The fourth-order valence-corrected chi connectivity index (χ4v) is 1.87. The van der Waals surface area contributed by atoms with Gasteiger partial charge in [0.15, 0.2) is 0 Å². The molecule has 1 amide bonds. The van der Waals surface area contributed by atoms with Crippen molar-refractivity contribution in [2.75, 3.05) is 11.9 Å². The Morgan fingerprint density at radius 3 is 2.94 bits per heavy atom. The fourth-order valence-electron chi connectivity index (χ4n) is 1.12. The average molecular weight is 307 g/mol. The van der Waals surface area contributed by atoms with Crippen LogP contribution in [0.2, 0.25) is 5.02 Å². The zero-order chi connectivity index (χ0) is 12.1. The molecule has 0 saturated heterocycles. The summed E-state index contributed by atoms with van der Waals surface area (Å²) in [5, 5.41) is 6.26. The highest BCUT2D eigenvalue weighted by molar-refractivity contribution is 9.10. The molecule has 88 valence electrons. The third-order valence-electron chi connectivity index (χ3n) is 1.91. The zero-order valence-electron chi connectivity index (χ0n) is 9.05. The maximum absolute atomic E-state index is 11.5. The Morgan fingerprint density at radius 2 is 2.38 bits per heavy atom. The molecular formula is C10H13BrClN3O. The lowest BCUT2D eigenvalue weighted by molar-refractivity contribution is -0.121.